The number of rotatable bonds is 3. The maximum absolute atomic E-state index is 12.7. The number of hydrogen-bond donors (Lipinski definition) is 1. The predicted octanol–water partition coefficient (Wildman–Crippen LogP) is 3.93. The van der Waals surface area contributed by atoms with E-state index in [4.69, 9.17) is 11.6 Å². The van der Waals surface area contributed by atoms with E-state index in [1.807, 2.05) is 26.8 Å². The predicted molar refractivity (Wildman–Crippen MR) is 91.3 cm³/mol. The van der Waals surface area contributed by atoms with Gasteiger partial charge in [-0.1, -0.05) is 29.8 Å². The summed E-state index contributed by atoms with van der Waals surface area (Å²) in [6.45, 7) is 5.65. The summed E-state index contributed by atoms with van der Waals surface area (Å²) in [4.78, 5) is 25.5. The lowest BCUT2D eigenvalue weighted by atomic mass is 10.1. The number of benzene rings is 2. The Labute approximate surface area is 141 Å². The van der Waals surface area contributed by atoms with Crippen molar-refractivity contribution < 1.29 is 9.59 Å². The highest BCUT2D eigenvalue weighted by molar-refractivity contribution is 6.30. The van der Waals surface area contributed by atoms with E-state index in [0.717, 1.165) is 5.01 Å². The third-order valence-corrected chi connectivity index (χ3v) is 3.22. The number of nitrogens with one attached hydrogen (secondary N) is 1. The molecule has 0 fully saturated rings. The maximum Gasteiger partial charge on any atom is 0.275 e. The highest BCUT2D eigenvalue weighted by Gasteiger charge is 2.28. The molecule has 0 bridgehead atoms. The van der Waals surface area contributed by atoms with E-state index in [1.54, 1.807) is 48.5 Å². The van der Waals surface area contributed by atoms with Gasteiger partial charge in [-0.15, -0.1) is 0 Å². The molecule has 23 heavy (non-hydrogen) atoms. The largest absolute Gasteiger partial charge is 0.275 e. The van der Waals surface area contributed by atoms with Crippen LogP contribution in [0.5, 0.6) is 0 Å². The molecule has 0 saturated carbocycles. The molecule has 2 amide bonds. The van der Waals surface area contributed by atoms with Crippen LogP contribution in [-0.4, -0.2) is 22.4 Å². The van der Waals surface area contributed by atoms with Crippen LogP contribution in [0.15, 0.2) is 54.6 Å². The first-order chi connectivity index (χ1) is 10.8. The van der Waals surface area contributed by atoms with Crippen LogP contribution in [0.2, 0.25) is 5.02 Å². The van der Waals surface area contributed by atoms with E-state index in [1.165, 1.54) is 0 Å². The number of hydrazine groups is 1. The second kappa shape index (κ2) is 6.94. The van der Waals surface area contributed by atoms with Crippen LogP contribution < -0.4 is 5.43 Å². The summed E-state index contributed by atoms with van der Waals surface area (Å²) in [5.74, 6) is -0.828. The van der Waals surface area contributed by atoms with Gasteiger partial charge in [0.25, 0.3) is 11.8 Å². The normalized spacial score (nSPS) is 11.1. The highest BCUT2D eigenvalue weighted by atomic mass is 35.5. The lowest BCUT2D eigenvalue weighted by molar-refractivity contribution is 0.0452. The summed E-state index contributed by atoms with van der Waals surface area (Å²) >= 11 is 5.85. The molecule has 5 heteroatoms. The molecule has 120 valence electrons. The molecule has 0 atom stereocenters. The standard InChI is InChI=1S/C18H19ClN2O2/c1-18(2,3)20-21(16(22)13-7-5-4-6-8-13)17(23)14-9-11-15(19)12-10-14/h4-12,20H,1-3H3. The molecular weight excluding hydrogens is 312 g/mol. The van der Waals surface area contributed by atoms with E-state index < -0.39 is 17.4 Å². The van der Waals surface area contributed by atoms with Crippen molar-refractivity contribution in [1.29, 1.82) is 0 Å². The van der Waals surface area contributed by atoms with Crippen molar-refractivity contribution in [2.24, 2.45) is 0 Å². The van der Waals surface area contributed by atoms with Gasteiger partial charge in [0.05, 0.1) is 0 Å². The molecule has 2 rings (SSSR count). The van der Waals surface area contributed by atoms with Crippen molar-refractivity contribution in [3.8, 4) is 0 Å². The minimum Gasteiger partial charge on any atom is -0.267 e. The Kier molecular flexibility index (Phi) is 5.19. The number of halogens is 1. The molecule has 0 aromatic heterocycles. The fourth-order valence-electron chi connectivity index (χ4n) is 1.96. The maximum atomic E-state index is 12.7. The van der Waals surface area contributed by atoms with E-state index in [2.05, 4.69) is 5.43 Å². The second-order valence-electron chi connectivity index (χ2n) is 6.18. The monoisotopic (exact) mass is 330 g/mol. The second-order valence-corrected chi connectivity index (χ2v) is 6.62. The minimum absolute atomic E-state index is 0.385. The van der Waals surface area contributed by atoms with Crippen molar-refractivity contribution in [3.63, 3.8) is 0 Å². The molecule has 0 aliphatic rings. The van der Waals surface area contributed by atoms with Crippen LogP contribution in [-0.2, 0) is 0 Å². The van der Waals surface area contributed by atoms with Crippen molar-refractivity contribution >= 4 is 23.4 Å². The van der Waals surface area contributed by atoms with Gasteiger partial charge in [-0.3, -0.25) is 9.59 Å². The average Bonchev–Trinajstić information content (AvgIpc) is 2.52. The van der Waals surface area contributed by atoms with Crippen LogP contribution in [0.1, 0.15) is 41.5 Å². The smallest absolute Gasteiger partial charge is 0.267 e. The van der Waals surface area contributed by atoms with Crippen LogP contribution >= 0.6 is 11.6 Å². The number of nitrogens with zero attached hydrogens (tertiary/aromatic N) is 1. The van der Waals surface area contributed by atoms with Gasteiger partial charge in [-0.25, -0.2) is 10.4 Å². The first kappa shape index (κ1) is 17.2. The lowest BCUT2D eigenvalue weighted by Gasteiger charge is -2.30. The molecule has 2 aromatic carbocycles. The molecule has 0 heterocycles. The first-order valence-corrected chi connectivity index (χ1v) is 7.63. The van der Waals surface area contributed by atoms with Crippen molar-refractivity contribution in [2.75, 3.05) is 0 Å². The molecule has 0 radical (unpaired) electrons. The topological polar surface area (TPSA) is 49.4 Å². The Bertz CT molecular complexity index is 691. The minimum atomic E-state index is -0.452. The zero-order chi connectivity index (χ0) is 17.0. The SMILES string of the molecule is CC(C)(C)NN(C(=O)c1ccccc1)C(=O)c1ccc(Cl)cc1. The van der Waals surface area contributed by atoms with Gasteiger partial charge in [-0.05, 0) is 57.2 Å². The fraction of sp³-hybridized carbons (Fsp3) is 0.222. The lowest BCUT2D eigenvalue weighted by Crippen LogP contribution is -2.54. The summed E-state index contributed by atoms with van der Waals surface area (Å²) < 4.78 is 0. The molecule has 0 saturated heterocycles. The van der Waals surface area contributed by atoms with Crippen molar-refractivity contribution in [2.45, 2.75) is 26.3 Å². The van der Waals surface area contributed by atoms with Gasteiger partial charge in [0, 0.05) is 21.7 Å². The van der Waals surface area contributed by atoms with Crippen LogP contribution in [0, 0.1) is 0 Å². The summed E-state index contributed by atoms with van der Waals surface area (Å²) in [5, 5.41) is 1.59. The molecular formula is C18H19ClN2O2. The number of amides is 2. The Morgan fingerprint density at radius 2 is 1.35 bits per heavy atom. The Hall–Kier alpha value is -2.17. The van der Waals surface area contributed by atoms with Crippen molar-refractivity contribution in [3.05, 3.63) is 70.7 Å². The molecule has 2 aromatic rings. The average molecular weight is 331 g/mol. The van der Waals surface area contributed by atoms with E-state index >= 15 is 0 Å². The van der Waals surface area contributed by atoms with Gasteiger partial charge >= 0.3 is 0 Å². The number of imide groups is 1. The summed E-state index contributed by atoms with van der Waals surface area (Å²) in [7, 11) is 0. The van der Waals surface area contributed by atoms with E-state index in [9.17, 15) is 9.59 Å². The summed E-state index contributed by atoms with van der Waals surface area (Å²) in [6, 6.07) is 15.1. The summed E-state index contributed by atoms with van der Waals surface area (Å²) in [5.41, 5.74) is 3.34. The molecule has 1 N–H and O–H groups in total. The van der Waals surface area contributed by atoms with E-state index in [-0.39, 0.29) is 0 Å². The molecule has 0 unspecified atom stereocenters. The van der Waals surface area contributed by atoms with Crippen LogP contribution in [0.25, 0.3) is 0 Å². The Morgan fingerprint density at radius 3 is 1.83 bits per heavy atom. The first-order valence-electron chi connectivity index (χ1n) is 7.25. The van der Waals surface area contributed by atoms with Crippen LogP contribution in [0.4, 0.5) is 0 Å². The fourth-order valence-corrected chi connectivity index (χ4v) is 2.09. The van der Waals surface area contributed by atoms with Gasteiger partial charge in [-0.2, -0.15) is 0 Å². The third kappa shape index (κ3) is 4.65. The molecule has 0 aliphatic carbocycles. The van der Waals surface area contributed by atoms with Crippen LogP contribution in [0.3, 0.4) is 0 Å². The third-order valence-electron chi connectivity index (χ3n) is 2.97. The Balaban J connectivity index is 2.36. The quantitative estimate of drug-likeness (QED) is 0.685. The molecule has 0 spiro atoms. The highest BCUT2D eigenvalue weighted by Crippen LogP contribution is 2.14. The molecule has 0 aliphatic heterocycles. The van der Waals surface area contributed by atoms with Crippen molar-refractivity contribution in [1.82, 2.24) is 10.4 Å². The van der Waals surface area contributed by atoms with Gasteiger partial charge in [0.1, 0.15) is 0 Å². The Morgan fingerprint density at radius 1 is 0.870 bits per heavy atom. The van der Waals surface area contributed by atoms with E-state index in [0.29, 0.717) is 16.1 Å². The number of carbonyl (C=O) groups is 2. The summed E-state index contributed by atoms with van der Waals surface area (Å²) in [6.07, 6.45) is 0. The van der Waals surface area contributed by atoms with Gasteiger partial charge < -0.3 is 0 Å². The van der Waals surface area contributed by atoms with Gasteiger partial charge in [0.15, 0.2) is 0 Å². The zero-order valence-corrected chi connectivity index (χ0v) is 14.1. The van der Waals surface area contributed by atoms with Gasteiger partial charge in [0.2, 0.25) is 0 Å². The number of hydrogen-bond acceptors (Lipinski definition) is 3. The zero-order valence-electron chi connectivity index (χ0n) is 13.3. The molecule has 4 nitrogen and oxygen atoms in total. The number of carbonyl (C=O) groups excluding carboxylic acids is 2.